The van der Waals surface area contributed by atoms with Crippen molar-refractivity contribution in [2.75, 3.05) is 18.4 Å². The largest absolute Gasteiger partial charge is 0.434 e. The molecule has 0 bridgehead atoms. The minimum atomic E-state index is -3.71. The van der Waals surface area contributed by atoms with Crippen LogP contribution >= 0.6 is 0 Å². The fourth-order valence-electron chi connectivity index (χ4n) is 3.35. The molecule has 1 saturated heterocycles. The third-order valence-corrected chi connectivity index (χ3v) is 7.04. The van der Waals surface area contributed by atoms with Gasteiger partial charge < -0.3 is 14.6 Å². The van der Waals surface area contributed by atoms with Crippen LogP contribution in [-0.4, -0.2) is 47.9 Å². The number of alkyl halides is 2. The maximum Gasteiger partial charge on any atom is 0.387 e. The lowest BCUT2D eigenvalue weighted by atomic mass is 9.97. The summed E-state index contributed by atoms with van der Waals surface area (Å²) in [5.74, 6) is -0.0790. The molecule has 1 aromatic carbocycles. The van der Waals surface area contributed by atoms with Crippen LogP contribution in [0.5, 0.6) is 5.75 Å². The average molecular weight is 442 g/mol. The molecular weight excluding hydrogens is 418 g/mol. The molecule has 1 amide bonds. The molecule has 8 nitrogen and oxygen atoms in total. The number of imidazole rings is 1. The van der Waals surface area contributed by atoms with Crippen molar-refractivity contribution in [2.24, 2.45) is 13.0 Å². The van der Waals surface area contributed by atoms with Crippen molar-refractivity contribution in [1.29, 1.82) is 0 Å². The Hall–Kier alpha value is -2.53. The SMILES string of the molecule is Cc1c(NC(=O)C2CCN(S(=O)(=O)c3cn(C)c(C)n3)CC2)cccc1OC(F)F. The van der Waals surface area contributed by atoms with E-state index in [9.17, 15) is 22.0 Å². The van der Waals surface area contributed by atoms with E-state index in [0.717, 1.165) is 0 Å². The van der Waals surface area contributed by atoms with Crippen LogP contribution in [0.3, 0.4) is 0 Å². The van der Waals surface area contributed by atoms with Gasteiger partial charge >= 0.3 is 6.61 Å². The van der Waals surface area contributed by atoms with E-state index in [-0.39, 0.29) is 35.7 Å². The van der Waals surface area contributed by atoms with Crippen molar-refractivity contribution in [3.05, 3.63) is 35.8 Å². The molecule has 1 aliphatic heterocycles. The molecule has 2 heterocycles. The molecule has 30 heavy (non-hydrogen) atoms. The first-order valence-electron chi connectivity index (χ1n) is 9.45. The van der Waals surface area contributed by atoms with Gasteiger partial charge in [0.15, 0.2) is 5.03 Å². The summed E-state index contributed by atoms with van der Waals surface area (Å²) in [6.45, 7) is 0.743. The van der Waals surface area contributed by atoms with Gasteiger partial charge in [0.05, 0.1) is 0 Å². The van der Waals surface area contributed by atoms with Crippen LogP contribution < -0.4 is 10.1 Å². The van der Waals surface area contributed by atoms with Crippen molar-refractivity contribution in [2.45, 2.75) is 38.3 Å². The monoisotopic (exact) mass is 442 g/mol. The molecule has 0 atom stereocenters. The number of benzene rings is 1. The summed E-state index contributed by atoms with van der Waals surface area (Å²) in [6.07, 6.45) is 2.17. The Balaban J connectivity index is 1.63. The number of nitrogens with zero attached hydrogens (tertiary/aromatic N) is 3. The number of aromatic nitrogens is 2. The van der Waals surface area contributed by atoms with Crippen molar-refractivity contribution < 1.29 is 26.7 Å². The van der Waals surface area contributed by atoms with E-state index in [1.807, 2.05) is 0 Å². The van der Waals surface area contributed by atoms with Gasteiger partial charge in [-0.05, 0) is 38.8 Å². The van der Waals surface area contributed by atoms with Crippen LogP contribution in [0, 0.1) is 19.8 Å². The van der Waals surface area contributed by atoms with Crippen molar-refractivity contribution in [3.8, 4) is 5.75 Å². The summed E-state index contributed by atoms with van der Waals surface area (Å²) in [7, 11) is -1.99. The van der Waals surface area contributed by atoms with E-state index in [2.05, 4.69) is 15.0 Å². The van der Waals surface area contributed by atoms with Crippen LogP contribution in [0.15, 0.2) is 29.4 Å². The number of carbonyl (C=O) groups excluding carboxylic acids is 1. The van der Waals surface area contributed by atoms with Crippen molar-refractivity contribution in [1.82, 2.24) is 13.9 Å². The highest BCUT2D eigenvalue weighted by Gasteiger charge is 2.33. The van der Waals surface area contributed by atoms with Gasteiger partial charge in [0.2, 0.25) is 5.91 Å². The van der Waals surface area contributed by atoms with Crippen LogP contribution in [0.25, 0.3) is 0 Å². The molecule has 0 unspecified atom stereocenters. The van der Waals surface area contributed by atoms with E-state index in [0.29, 0.717) is 29.9 Å². The summed E-state index contributed by atoms with van der Waals surface area (Å²) in [5.41, 5.74) is 0.786. The maximum atomic E-state index is 12.8. The number of piperidine rings is 1. The number of aryl methyl sites for hydroxylation is 2. The first kappa shape index (κ1) is 22.2. The summed E-state index contributed by atoms with van der Waals surface area (Å²) in [6, 6.07) is 4.53. The van der Waals surface area contributed by atoms with Gasteiger partial charge in [-0.1, -0.05) is 6.07 Å². The minimum Gasteiger partial charge on any atom is -0.434 e. The normalized spacial score (nSPS) is 16.1. The molecule has 1 aromatic heterocycles. The Labute approximate surface area is 173 Å². The molecule has 11 heteroatoms. The maximum absolute atomic E-state index is 12.8. The quantitative estimate of drug-likeness (QED) is 0.743. The fourth-order valence-corrected chi connectivity index (χ4v) is 4.84. The van der Waals surface area contributed by atoms with Gasteiger partial charge in [-0.2, -0.15) is 13.1 Å². The number of halogens is 2. The molecule has 1 N–H and O–H groups in total. The zero-order valence-electron chi connectivity index (χ0n) is 16.9. The third-order valence-electron chi connectivity index (χ3n) is 5.27. The predicted molar refractivity (Wildman–Crippen MR) is 106 cm³/mol. The van der Waals surface area contributed by atoms with E-state index in [4.69, 9.17) is 0 Å². The second-order valence-corrected chi connectivity index (χ2v) is 9.10. The first-order valence-corrected chi connectivity index (χ1v) is 10.9. The number of rotatable bonds is 6. The van der Waals surface area contributed by atoms with Gasteiger partial charge in [0, 0.05) is 43.5 Å². The smallest absolute Gasteiger partial charge is 0.387 e. The third kappa shape index (κ3) is 4.62. The van der Waals surface area contributed by atoms with Gasteiger partial charge in [0.1, 0.15) is 11.6 Å². The molecule has 0 radical (unpaired) electrons. The number of ether oxygens (including phenoxy) is 1. The van der Waals surface area contributed by atoms with E-state index >= 15 is 0 Å². The van der Waals surface area contributed by atoms with Gasteiger partial charge in [-0.3, -0.25) is 4.79 Å². The highest BCUT2D eigenvalue weighted by Crippen LogP contribution is 2.29. The molecule has 0 aliphatic carbocycles. The lowest BCUT2D eigenvalue weighted by Crippen LogP contribution is -2.41. The number of anilines is 1. The lowest BCUT2D eigenvalue weighted by Gasteiger charge is -2.30. The van der Waals surface area contributed by atoms with Crippen LogP contribution in [0.2, 0.25) is 0 Å². The van der Waals surface area contributed by atoms with Crippen LogP contribution in [-0.2, 0) is 21.9 Å². The molecule has 2 aromatic rings. The second-order valence-electron chi connectivity index (χ2n) is 7.21. The predicted octanol–water partition coefficient (Wildman–Crippen LogP) is 2.68. The zero-order chi connectivity index (χ0) is 22.1. The molecule has 0 saturated carbocycles. The number of carbonyl (C=O) groups is 1. The molecule has 1 fully saturated rings. The van der Waals surface area contributed by atoms with Gasteiger partial charge in [0.25, 0.3) is 10.0 Å². The van der Waals surface area contributed by atoms with Gasteiger partial charge in [-0.15, -0.1) is 0 Å². The Morgan fingerprint density at radius 2 is 1.93 bits per heavy atom. The summed E-state index contributed by atoms with van der Waals surface area (Å²) < 4.78 is 57.9. The number of nitrogens with one attached hydrogen (secondary N) is 1. The summed E-state index contributed by atoms with van der Waals surface area (Å²) in [4.78, 5) is 16.7. The molecule has 0 spiro atoms. The minimum absolute atomic E-state index is 0.00290. The Morgan fingerprint density at radius 3 is 2.50 bits per heavy atom. The average Bonchev–Trinajstić information content (AvgIpc) is 3.04. The second kappa shape index (κ2) is 8.68. The summed E-state index contributed by atoms with van der Waals surface area (Å²) in [5, 5.41) is 2.74. The number of hydrogen-bond acceptors (Lipinski definition) is 5. The standard InChI is InChI=1S/C19H24F2N4O4S/c1-12-15(5-4-6-16(12)29-19(20)21)23-18(26)14-7-9-25(10-8-14)30(27,28)17-11-24(3)13(2)22-17/h4-6,11,14,19H,7-10H2,1-3H3,(H,23,26). The topological polar surface area (TPSA) is 93.5 Å². The zero-order valence-corrected chi connectivity index (χ0v) is 17.7. The van der Waals surface area contributed by atoms with Crippen molar-refractivity contribution in [3.63, 3.8) is 0 Å². The number of hydrogen-bond donors (Lipinski definition) is 1. The van der Waals surface area contributed by atoms with Crippen LogP contribution in [0.4, 0.5) is 14.5 Å². The highest BCUT2D eigenvalue weighted by atomic mass is 32.2. The molecular formula is C19H24F2N4O4S. The van der Waals surface area contributed by atoms with E-state index in [1.54, 1.807) is 31.5 Å². The number of amides is 1. The summed E-state index contributed by atoms with van der Waals surface area (Å²) >= 11 is 0. The van der Waals surface area contributed by atoms with Crippen molar-refractivity contribution >= 4 is 21.6 Å². The van der Waals surface area contributed by atoms with E-state index in [1.165, 1.54) is 22.6 Å². The Bertz CT molecular complexity index is 1010. The highest BCUT2D eigenvalue weighted by molar-refractivity contribution is 7.89. The lowest BCUT2D eigenvalue weighted by molar-refractivity contribution is -0.120. The van der Waals surface area contributed by atoms with Crippen LogP contribution in [0.1, 0.15) is 24.2 Å². The Morgan fingerprint density at radius 1 is 1.27 bits per heavy atom. The Kier molecular flexibility index (Phi) is 6.41. The molecule has 3 rings (SSSR count). The van der Waals surface area contributed by atoms with Gasteiger partial charge in [-0.25, -0.2) is 13.4 Å². The molecule has 1 aliphatic rings. The number of sulfonamides is 1. The van der Waals surface area contributed by atoms with E-state index < -0.39 is 16.6 Å². The first-order chi connectivity index (χ1) is 14.1. The fraction of sp³-hybridized carbons (Fsp3) is 0.474. The molecule has 164 valence electrons.